The molecule has 0 aromatic heterocycles. The quantitative estimate of drug-likeness (QED) is 0.367. The Morgan fingerprint density at radius 3 is 2.30 bits per heavy atom. The van der Waals surface area contributed by atoms with Crippen LogP contribution >= 0.6 is 11.9 Å². The number of fused-ring (bicyclic) bond motifs is 1. The third kappa shape index (κ3) is 2.36. The lowest BCUT2D eigenvalue weighted by Gasteiger charge is -2.03. The van der Waals surface area contributed by atoms with Crippen LogP contribution in [0.1, 0.15) is 25.7 Å². The van der Waals surface area contributed by atoms with Crippen LogP contribution in [-0.4, -0.2) is 26.2 Å². The molecule has 1 aliphatic heterocycles. The van der Waals surface area contributed by atoms with E-state index in [9.17, 15) is 20.2 Å². The summed E-state index contributed by atoms with van der Waals surface area (Å²) in [6.07, 6.45) is 4.69. The molecule has 1 saturated carbocycles. The third-order valence-electron chi connectivity index (χ3n) is 3.81. The first-order chi connectivity index (χ1) is 9.58. The highest BCUT2D eigenvalue weighted by Gasteiger charge is 2.49. The number of hydrogen-bond donors (Lipinski definition) is 0. The summed E-state index contributed by atoms with van der Waals surface area (Å²) in [6.45, 7) is 0. The van der Waals surface area contributed by atoms with E-state index in [2.05, 4.69) is 4.31 Å². The van der Waals surface area contributed by atoms with E-state index < -0.39 is 9.85 Å². The van der Waals surface area contributed by atoms with Crippen molar-refractivity contribution in [3.8, 4) is 0 Å². The zero-order chi connectivity index (χ0) is 14.3. The zero-order valence-electron chi connectivity index (χ0n) is 10.6. The molecule has 0 amide bonds. The molecule has 0 bridgehead atoms. The van der Waals surface area contributed by atoms with Crippen molar-refractivity contribution < 1.29 is 9.85 Å². The summed E-state index contributed by atoms with van der Waals surface area (Å²) in [6, 6.07) is 4.87. The molecule has 1 aromatic carbocycles. The highest BCUT2D eigenvalue weighted by molar-refractivity contribution is 7.97. The van der Waals surface area contributed by atoms with Gasteiger partial charge in [-0.1, -0.05) is 12.8 Å². The molecular weight excluding hydrogens is 282 g/mol. The largest absolute Gasteiger partial charge is 0.291 e. The van der Waals surface area contributed by atoms with Gasteiger partial charge in [0.15, 0.2) is 0 Å². The lowest BCUT2D eigenvalue weighted by atomic mass is 10.0. The Kier molecular flexibility index (Phi) is 3.35. The van der Waals surface area contributed by atoms with Crippen molar-refractivity contribution in [2.45, 2.75) is 42.7 Å². The summed E-state index contributed by atoms with van der Waals surface area (Å²) < 4.78 is 2.18. The molecule has 0 radical (unpaired) electrons. The minimum atomic E-state index is -0.612. The van der Waals surface area contributed by atoms with Crippen molar-refractivity contribution in [2.24, 2.45) is 0 Å². The van der Waals surface area contributed by atoms with Crippen molar-refractivity contribution in [3.63, 3.8) is 0 Å². The molecule has 8 heteroatoms. The maximum atomic E-state index is 11.1. The van der Waals surface area contributed by atoms with Crippen LogP contribution in [0.2, 0.25) is 0 Å². The number of nitro groups is 2. The van der Waals surface area contributed by atoms with Crippen molar-refractivity contribution in [2.75, 3.05) is 0 Å². The molecule has 2 fully saturated rings. The van der Waals surface area contributed by atoms with Crippen LogP contribution in [0.3, 0.4) is 0 Å². The highest BCUT2D eigenvalue weighted by Crippen LogP contribution is 2.49. The van der Waals surface area contributed by atoms with Gasteiger partial charge in [0, 0.05) is 18.2 Å². The van der Waals surface area contributed by atoms with Crippen LogP contribution in [-0.2, 0) is 0 Å². The molecule has 1 saturated heterocycles. The smallest absolute Gasteiger partial charge is 0.258 e. The van der Waals surface area contributed by atoms with Crippen molar-refractivity contribution in [1.29, 1.82) is 0 Å². The molecule has 0 unspecified atom stereocenters. The lowest BCUT2D eigenvalue weighted by Crippen LogP contribution is -2.00. The Labute approximate surface area is 119 Å². The normalized spacial score (nSPS) is 27.7. The van der Waals surface area contributed by atoms with E-state index >= 15 is 0 Å². The summed E-state index contributed by atoms with van der Waals surface area (Å²) in [5, 5.41) is 21.8. The fourth-order valence-electron chi connectivity index (χ4n) is 2.74. The SMILES string of the molecule is O=[N+]([O-])c1ccc(SN2[C@@H]3CCCC[C@H]32)c([N+](=O)[O-])c1. The van der Waals surface area contributed by atoms with Gasteiger partial charge in [-0.2, -0.15) is 0 Å². The van der Waals surface area contributed by atoms with Crippen LogP contribution in [0.4, 0.5) is 11.4 Å². The molecule has 20 heavy (non-hydrogen) atoms. The van der Waals surface area contributed by atoms with E-state index in [-0.39, 0.29) is 11.4 Å². The van der Waals surface area contributed by atoms with Crippen molar-refractivity contribution in [1.82, 2.24) is 4.31 Å². The second-order valence-electron chi connectivity index (χ2n) is 5.04. The maximum absolute atomic E-state index is 11.1. The summed E-state index contributed by atoms with van der Waals surface area (Å²) in [7, 11) is 0. The average Bonchev–Trinajstić information content (AvgIpc) is 3.12. The summed E-state index contributed by atoms with van der Waals surface area (Å²) in [4.78, 5) is 21.1. The molecule has 0 spiro atoms. The standard InChI is InChI=1S/C12H13N3O4S/c16-14(17)8-5-6-12(11(7-8)15(18)19)20-13-9-3-1-2-4-10(9)13/h5-7,9-10H,1-4H2/t9-,10-/m1/s1. The minimum Gasteiger partial charge on any atom is -0.258 e. The monoisotopic (exact) mass is 295 g/mol. The molecule has 1 aromatic rings. The molecule has 2 atom stereocenters. The molecule has 2 aliphatic rings. The van der Waals surface area contributed by atoms with Gasteiger partial charge in [-0.3, -0.25) is 20.2 Å². The van der Waals surface area contributed by atoms with Gasteiger partial charge < -0.3 is 0 Å². The van der Waals surface area contributed by atoms with Gasteiger partial charge >= 0.3 is 0 Å². The zero-order valence-corrected chi connectivity index (χ0v) is 11.4. The molecular formula is C12H13N3O4S. The van der Waals surface area contributed by atoms with Gasteiger partial charge in [0.05, 0.1) is 15.9 Å². The van der Waals surface area contributed by atoms with Crippen molar-refractivity contribution in [3.05, 3.63) is 38.4 Å². The number of non-ortho nitro benzene ring substituents is 1. The predicted octanol–water partition coefficient (Wildman–Crippen LogP) is 3.14. The first-order valence-electron chi connectivity index (χ1n) is 6.47. The fraction of sp³-hybridized carbons (Fsp3) is 0.500. The Morgan fingerprint density at radius 1 is 1.10 bits per heavy atom. The third-order valence-corrected chi connectivity index (χ3v) is 5.11. The second-order valence-corrected chi connectivity index (χ2v) is 6.08. The van der Waals surface area contributed by atoms with Gasteiger partial charge in [-0.05, 0) is 30.9 Å². The van der Waals surface area contributed by atoms with Gasteiger partial charge in [-0.25, -0.2) is 4.31 Å². The molecule has 1 heterocycles. The summed E-state index contributed by atoms with van der Waals surface area (Å²) >= 11 is 1.36. The first-order valence-corrected chi connectivity index (χ1v) is 7.24. The molecule has 0 N–H and O–H groups in total. The Morgan fingerprint density at radius 2 is 1.75 bits per heavy atom. The van der Waals surface area contributed by atoms with Gasteiger partial charge in [-0.15, -0.1) is 0 Å². The number of benzene rings is 1. The summed E-state index contributed by atoms with van der Waals surface area (Å²) in [5.41, 5.74) is -0.433. The van der Waals surface area contributed by atoms with Crippen LogP contribution in [0.15, 0.2) is 23.1 Å². The maximum Gasteiger partial charge on any atom is 0.291 e. The van der Waals surface area contributed by atoms with Gasteiger partial charge in [0.1, 0.15) is 4.90 Å². The van der Waals surface area contributed by atoms with Crippen LogP contribution in [0, 0.1) is 20.2 Å². The van der Waals surface area contributed by atoms with E-state index in [0.717, 1.165) is 18.9 Å². The highest BCUT2D eigenvalue weighted by atomic mass is 32.2. The van der Waals surface area contributed by atoms with Crippen LogP contribution in [0.25, 0.3) is 0 Å². The van der Waals surface area contributed by atoms with E-state index in [1.807, 2.05) is 0 Å². The van der Waals surface area contributed by atoms with Gasteiger partial charge in [0.2, 0.25) is 0 Å². The fourth-order valence-corrected chi connectivity index (χ4v) is 4.04. The number of nitro benzene ring substituents is 2. The summed E-state index contributed by atoms with van der Waals surface area (Å²) in [5.74, 6) is 0. The number of rotatable bonds is 4. The van der Waals surface area contributed by atoms with E-state index in [4.69, 9.17) is 0 Å². The Balaban J connectivity index is 1.82. The lowest BCUT2D eigenvalue weighted by molar-refractivity contribution is -0.396. The van der Waals surface area contributed by atoms with Crippen LogP contribution < -0.4 is 0 Å². The van der Waals surface area contributed by atoms with E-state index in [0.29, 0.717) is 17.0 Å². The number of nitrogens with zero attached hydrogens (tertiary/aromatic N) is 3. The Bertz CT molecular complexity index is 568. The van der Waals surface area contributed by atoms with E-state index in [1.54, 1.807) is 0 Å². The topological polar surface area (TPSA) is 89.3 Å². The van der Waals surface area contributed by atoms with Gasteiger partial charge in [0.25, 0.3) is 11.4 Å². The number of hydrogen-bond acceptors (Lipinski definition) is 6. The van der Waals surface area contributed by atoms with Crippen LogP contribution in [0.5, 0.6) is 0 Å². The molecule has 3 rings (SSSR count). The second kappa shape index (κ2) is 5.02. The first kappa shape index (κ1) is 13.3. The minimum absolute atomic E-state index is 0.187. The van der Waals surface area contributed by atoms with Crippen molar-refractivity contribution >= 4 is 23.3 Å². The predicted molar refractivity (Wildman–Crippen MR) is 73.5 cm³/mol. The molecule has 7 nitrogen and oxygen atoms in total. The average molecular weight is 295 g/mol. The van der Waals surface area contributed by atoms with E-state index in [1.165, 1.54) is 36.9 Å². The molecule has 106 valence electrons. The molecule has 1 aliphatic carbocycles. The Hall–Kier alpha value is -1.67.